The third kappa shape index (κ3) is 5.71. The van der Waals surface area contributed by atoms with E-state index in [0.717, 1.165) is 32.1 Å². The SMILES string of the molecule is C/C=C/CN(C(=O)OC(C)(C)C)c1cc(OCc2ccccc2)c2c(Br)cccc2c1C. The van der Waals surface area contributed by atoms with Crippen LogP contribution in [0.15, 0.2) is 71.2 Å². The van der Waals surface area contributed by atoms with Gasteiger partial charge in [0.2, 0.25) is 0 Å². The van der Waals surface area contributed by atoms with Crippen molar-refractivity contribution >= 4 is 38.5 Å². The maximum Gasteiger partial charge on any atom is 0.415 e. The van der Waals surface area contributed by atoms with Gasteiger partial charge in [0.25, 0.3) is 0 Å². The van der Waals surface area contributed by atoms with Crippen molar-refractivity contribution in [2.75, 3.05) is 11.4 Å². The van der Waals surface area contributed by atoms with E-state index in [4.69, 9.17) is 9.47 Å². The van der Waals surface area contributed by atoms with Crippen molar-refractivity contribution in [1.29, 1.82) is 0 Å². The molecular formula is C27H30BrNO3. The van der Waals surface area contributed by atoms with Gasteiger partial charge < -0.3 is 9.47 Å². The minimum absolute atomic E-state index is 0.387. The predicted octanol–water partition coefficient (Wildman–Crippen LogP) is 7.81. The first kappa shape index (κ1) is 23.9. The molecule has 3 aromatic carbocycles. The molecule has 0 atom stereocenters. The number of aryl methyl sites for hydroxylation is 1. The average molecular weight is 496 g/mol. The van der Waals surface area contributed by atoms with Crippen molar-refractivity contribution in [3.05, 3.63) is 82.3 Å². The van der Waals surface area contributed by atoms with E-state index in [-0.39, 0.29) is 6.09 Å². The normalized spacial score (nSPS) is 11.7. The summed E-state index contributed by atoms with van der Waals surface area (Å²) in [5, 5.41) is 2.01. The average Bonchev–Trinajstić information content (AvgIpc) is 2.74. The van der Waals surface area contributed by atoms with Gasteiger partial charge in [-0.3, -0.25) is 4.90 Å². The summed E-state index contributed by atoms with van der Waals surface area (Å²) in [6.07, 6.45) is 3.48. The molecule has 3 rings (SSSR count). The Kier molecular flexibility index (Phi) is 7.62. The lowest BCUT2D eigenvalue weighted by molar-refractivity contribution is 0.0584. The van der Waals surface area contributed by atoms with E-state index in [0.29, 0.717) is 18.9 Å². The summed E-state index contributed by atoms with van der Waals surface area (Å²) < 4.78 is 13.0. The zero-order chi connectivity index (χ0) is 23.3. The molecule has 0 unspecified atom stereocenters. The van der Waals surface area contributed by atoms with E-state index in [9.17, 15) is 4.79 Å². The number of carbonyl (C=O) groups excluding carboxylic acids is 1. The summed E-state index contributed by atoms with van der Waals surface area (Å²) in [7, 11) is 0. The van der Waals surface area contributed by atoms with Gasteiger partial charge in [0.1, 0.15) is 18.0 Å². The number of ether oxygens (including phenoxy) is 2. The maximum atomic E-state index is 13.1. The Morgan fingerprint density at radius 1 is 1.09 bits per heavy atom. The largest absolute Gasteiger partial charge is 0.488 e. The van der Waals surface area contributed by atoms with Gasteiger partial charge in [0.15, 0.2) is 0 Å². The molecule has 0 aliphatic carbocycles. The van der Waals surface area contributed by atoms with Crippen molar-refractivity contribution < 1.29 is 14.3 Å². The van der Waals surface area contributed by atoms with Gasteiger partial charge >= 0.3 is 6.09 Å². The van der Waals surface area contributed by atoms with Crippen LogP contribution in [0, 0.1) is 6.92 Å². The maximum absolute atomic E-state index is 13.1. The highest BCUT2D eigenvalue weighted by Gasteiger charge is 2.26. The molecule has 0 aliphatic rings. The first-order chi connectivity index (χ1) is 15.2. The van der Waals surface area contributed by atoms with E-state index in [1.165, 1.54) is 0 Å². The van der Waals surface area contributed by atoms with Crippen LogP contribution in [0.2, 0.25) is 0 Å². The number of amides is 1. The molecule has 0 spiro atoms. The standard InChI is InChI=1S/C27H30BrNO3/c1-6-7-16-29(26(30)32-27(3,4)5)23-17-24(31-18-20-12-9-8-10-13-20)25-21(19(23)2)14-11-15-22(25)28/h6-15,17H,16,18H2,1-5H3/b7-6+. The number of nitrogens with zero attached hydrogens (tertiary/aromatic N) is 1. The van der Waals surface area contributed by atoms with Crippen LogP contribution in [-0.2, 0) is 11.3 Å². The Labute approximate surface area is 199 Å². The monoisotopic (exact) mass is 495 g/mol. The lowest BCUT2D eigenvalue weighted by Crippen LogP contribution is -2.37. The predicted molar refractivity (Wildman–Crippen MR) is 136 cm³/mol. The number of fused-ring (bicyclic) bond motifs is 1. The molecule has 0 saturated heterocycles. The van der Waals surface area contributed by atoms with E-state index in [1.54, 1.807) is 4.90 Å². The van der Waals surface area contributed by atoms with Gasteiger partial charge in [-0.15, -0.1) is 0 Å². The highest BCUT2D eigenvalue weighted by atomic mass is 79.9. The zero-order valence-electron chi connectivity index (χ0n) is 19.3. The van der Waals surface area contributed by atoms with Crippen LogP contribution in [0.1, 0.15) is 38.8 Å². The van der Waals surface area contributed by atoms with E-state index in [1.807, 2.05) is 95.3 Å². The molecule has 5 heteroatoms. The Bertz CT molecular complexity index is 1120. The minimum atomic E-state index is -0.592. The number of rotatable bonds is 6. The number of hydrogen-bond acceptors (Lipinski definition) is 3. The summed E-state index contributed by atoms with van der Waals surface area (Å²) in [6.45, 7) is 10.4. The molecule has 0 bridgehead atoms. The molecular weight excluding hydrogens is 466 g/mol. The molecule has 4 nitrogen and oxygen atoms in total. The van der Waals surface area contributed by atoms with Crippen molar-refractivity contribution in [1.82, 2.24) is 0 Å². The second-order valence-electron chi connectivity index (χ2n) is 8.62. The number of hydrogen-bond donors (Lipinski definition) is 0. The molecule has 0 fully saturated rings. The smallest absolute Gasteiger partial charge is 0.415 e. The molecule has 0 saturated carbocycles. The molecule has 1 amide bonds. The molecule has 0 radical (unpaired) electrons. The van der Waals surface area contributed by atoms with Crippen LogP contribution in [0.25, 0.3) is 10.8 Å². The van der Waals surface area contributed by atoms with Gasteiger partial charge in [-0.25, -0.2) is 4.79 Å². The van der Waals surface area contributed by atoms with E-state index in [2.05, 4.69) is 22.0 Å². The molecule has 0 N–H and O–H groups in total. The highest BCUT2D eigenvalue weighted by molar-refractivity contribution is 9.10. The Balaban J connectivity index is 2.12. The zero-order valence-corrected chi connectivity index (χ0v) is 20.9. The number of halogens is 1. The lowest BCUT2D eigenvalue weighted by atomic mass is 10.0. The fourth-order valence-corrected chi connectivity index (χ4v) is 4.02. The Morgan fingerprint density at radius 3 is 2.47 bits per heavy atom. The quantitative estimate of drug-likeness (QED) is 0.327. The molecule has 168 valence electrons. The van der Waals surface area contributed by atoms with Crippen molar-refractivity contribution in [3.63, 3.8) is 0 Å². The number of anilines is 1. The second kappa shape index (κ2) is 10.2. The Morgan fingerprint density at radius 2 is 1.81 bits per heavy atom. The Hall–Kier alpha value is -2.79. The summed E-state index contributed by atoms with van der Waals surface area (Å²) in [4.78, 5) is 14.8. The first-order valence-electron chi connectivity index (χ1n) is 10.7. The molecule has 3 aromatic rings. The van der Waals surface area contributed by atoms with Crippen molar-refractivity contribution in [2.45, 2.75) is 46.8 Å². The minimum Gasteiger partial charge on any atom is -0.488 e. The summed E-state index contributed by atoms with van der Waals surface area (Å²) >= 11 is 3.68. The summed E-state index contributed by atoms with van der Waals surface area (Å²) in [6, 6.07) is 18.0. The van der Waals surface area contributed by atoms with Crippen LogP contribution >= 0.6 is 15.9 Å². The van der Waals surface area contributed by atoms with Crippen molar-refractivity contribution in [3.8, 4) is 5.75 Å². The van der Waals surface area contributed by atoms with E-state index >= 15 is 0 Å². The van der Waals surface area contributed by atoms with Crippen LogP contribution in [-0.4, -0.2) is 18.2 Å². The van der Waals surface area contributed by atoms with Crippen LogP contribution in [0.5, 0.6) is 5.75 Å². The third-order valence-electron chi connectivity index (χ3n) is 4.98. The van der Waals surface area contributed by atoms with Gasteiger partial charge in [-0.2, -0.15) is 0 Å². The van der Waals surface area contributed by atoms with Crippen LogP contribution in [0.4, 0.5) is 10.5 Å². The van der Waals surface area contributed by atoms with Crippen LogP contribution < -0.4 is 9.64 Å². The lowest BCUT2D eigenvalue weighted by Gasteiger charge is -2.29. The third-order valence-corrected chi connectivity index (χ3v) is 5.64. The number of benzene rings is 3. The van der Waals surface area contributed by atoms with Gasteiger partial charge in [0.05, 0.1) is 5.69 Å². The summed E-state index contributed by atoms with van der Waals surface area (Å²) in [5.74, 6) is 0.714. The first-order valence-corrected chi connectivity index (χ1v) is 11.5. The second-order valence-corrected chi connectivity index (χ2v) is 9.47. The fraction of sp³-hybridized carbons (Fsp3) is 0.296. The summed E-state index contributed by atoms with van der Waals surface area (Å²) in [5.41, 5.74) is 2.24. The number of carbonyl (C=O) groups is 1. The fourth-order valence-electron chi connectivity index (χ4n) is 3.46. The van der Waals surface area contributed by atoms with Crippen LogP contribution in [0.3, 0.4) is 0 Å². The van der Waals surface area contributed by atoms with Crippen molar-refractivity contribution in [2.24, 2.45) is 0 Å². The van der Waals surface area contributed by atoms with Gasteiger partial charge in [-0.1, -0.05) is 70.5 Å². The molecule has 32 heavy (non-hydrogen) atoms. The molecule has 0 aliphatic heterocycles. The van der Waals surface area contributed by atoms with Gasteiger partial charge in [0, 0.05) is 22.5 Å². The van der Waals surface area contributed by atoms with Gasteiger partial charge in [-0.05, 0) is 57.2 Å². The molecule has 0 heterocycles. The molecule has 0 aromatic heterocycles. The highest BCUT2D eigenvalue weighted by Crippen LogP contribution is 2.40. The number of allylic oxidation sites excluding steroid dienone is 1. The topological polar surface area (TPSA) is 38.8 Å². The van der Waals surface area contributed by atoms with E-state index < -0.39 is 5.60 Å².